The average molecular weight is 355 g/mol. The average Bonchev–Trinajstić information content (AvgIpc) is 2.58. The maximum atomic E-state index is 12.2. The molecule has 1 aliphatic rings. The Kier molecular flexibility index (Phi) is 5.07. The standard InChI is InChI=1S/C21H25NO4/c1-21(2,3)26-20(23)16-8-6-14(12-17(16)22)4-5-15-7-9-18-19(13-15)25-11-10-24-18/h6-9,12-13H,4-5,10-11,22H2,1-3H3. The van der Waals surface area contributed by atoms with E-state index in [1.165, 1.54) is 5.56 Å². The van der Waals surface area contributed by atoms with Gasteiger partial charge in [-0.15, -0.1) is 0 Å². The van der Waals surface area contributed by atoms with E-state index in [0.29, 0.717) is 24.5 Å². The number of fused-ring (bicyclic) bond motifs is 1. The van der Waals surface area contributed by atoms with Crippen LogP contribution in [0.3, 0.4) is 0 Å². The summed E-state index contributed by atoms with van der Waals surface area (Å²) in [5.41, 5.74) is 8.62. The Morgan fingerprint density at radius 1 is 1.00 bits per heavy atom. The van der Waals surface area contributed by atoms with Crippen molar-refractivity contribution in [1.82, 2.24) is 0 Å². The Hall–Kier alpha value is -2.69. The van der Waals surface area contributed by atoms with Crippen LogP contribution in [0.4, 0.5) is 5.69 Å². The Morgan fingerprint density at radius 2 is 1.62 bits per heavy atom. The van der Waals surface area contributed by atoms with Crippen LogP contribution < -0.4 is 15.2 Å². The largest absolute Gasteiger partial charge is 0.486 e. The number of aryl methyl sites for hydroxylation is 2. The van der Waals surface area contributed by atoms with E-state index in [2.05, 4.69) is 0 Å². The lowest BCUT2D eigenvalue weighted by atomic mass is 10.0. The molecule has 0 radical (unpaired) electrons. The molecule has 5 heteroatoms. The summed E-state index contributed by atoms with van der Waals surface area (Å²) in [5.74, 6) is 1.20. The van der Waals surface area contributed by atoms with Crippen molar-refractivity contribution >= 4 is 11.7 Å². The molecule has 0 spiro atoms. The molecule has 1 heterocycles. The van der Waals surface area contributed by atoms with Gasteiger partial charge in [0.05, 0.1) is 5.56 Å². The van der Waals surface area contributed by atoms with Crippen LogP contribution in [0.25, 0.3) is 0 Å². The van der Waals surface area contributed by atoms with Crippen molar-refractivity contribution < 1.29 is 19.0 Å². The quantitative estimate of drug-likeness (QED) is 0.667. The van der Waals surface area contributed by atoms with E-state index in [4.69, 9.17) is 19.9 Å². The fourth-order valence-electron chi connectivity index (χ4n) is 2.82. The van der Waals surface area contributed by atoms with Gasteiger partial charge in [-0.05, 0) is 69.0 Å². The van der Waals surface area contributed by atoms with Gasteiger partial charge in [-0.1, -0.05) is 12.1 Å². The number of carbonyl (C=O) groups is 1. The second-order valence-electron chi connectivity index (χ2n) is 7.40. The zero-order chi connectivity index (χ0) is 18.7. The fraction of sp³-hybridized carbons (Fsp3) is 0.381. The first kappa shape index (κ1) is 18.1. The Labute approximate surface area is 154 Å². The van der Waals surface area contributed by atoms with Crippen molar-refractivity contribution in [1.29, 1.82) is 0 Å². The van der Waals surface area contributed by atoms with Gasteiger partial charge in [0, 0.05) is 5.69 Å². The van der Waals surface area contributed by atoms with Crippen LogP contribution in [0.1, 0.15) is 42.3 Å². The summed E-state index contributed by atoms with van der Waals surface area (Å²) in [6, 6.07) is 11.5. The SMILES string of the molecule is CC(C)(C)OC(=O)c1ccc(CCc2ccc3c(c2)OCCO3)cc1N. The van der Waals surface area contributed by atoms with E-state index in [1.807, 2.05) is 51.1 Å². The first-order chi connectivity index (χ1) is 12.3. The summed E-state index contributed by atoms with van der Waals surface area (Å²) in [6.45, 7) is 6.68. The van der Waals surface area contributed by atoms with Gasteiger partial charge in [0.2, 0.25) is 0 Å². The normalized spacial score (nSPS) is 13.3. The highest BCUT2D eigenvalue weighted by Gasteiger charge is 2.19. The predicted octanol–water partition coefficient (Wildman–Crippen LogP) is 3.78. The number of benzene rings is 2. The maximum absolute atomic E-state index is 12.2. The summed E-state index contributed by atoms with van der Waals surface area (Å²) in [4.78, 5) is 12.2. The highest BCUT2D eigenvalue weighted by molar-refractivity contribution is 5.95. The molecule has 2 N–H and O–H groups in total. The van der Waals surface area contributed by atoms with Gasteiger partial charge < -0.3 is 19.9 Å². The van der Waals surface area contributed by atoms with Crippen molar-refractivity contribution in [3.63, 3.8) is 0 Å². The van der Waals surface area contributed by atoms with E-state index >= 15 is 0 Å². The highest BCUT2D eigenvalue weighted by atomic mass is 16.6. The monoisotopic (exact) mass is 355 g/mol. The topological polar surface area (TPSA) is 70.8 Å². The van der Waals surface area contributed by atoms with Gasteiger partial charge in [-0.3, -0.25) is 0 Å². The number of carbonyl (C=O) groups excluding carboxylic acids is 1. The molecule has 0 bridgehead atoms. The number of anilines is 1. The lowest BCUT2D eigenvalue weighted by molar-refractivity contribution is 0.00708. The fourth-order valence-corrected chi connectivity index (χ4v) is 2.82. The molecule has 0 atom stereocenters. The molecule has 2 aromatic carbocycles. The third-order valence-electron chi connectivity index (χ3n) is 4.04. The molecule has 0 aliphatic carbocycles. The van der Waals surface area contributed by atoms with E-state index in [-0.39, 0.29) is 0 Å². The van der Waals surface area contributed by atoms with E-state index < -0.39 is 11.6 Å². The van der Waals surface area contributed by atoms with Crippen LogP contribution in [-0.2, 0) is 17.6 Å². The van der Waals surface area contributed by atoms with Crippen molar-refractivity contribution in [2.75, 3.05) is 18.9 Å². The number of nitrogen functional groups attached to an aromatic ring is 1. The van der Waals surface area contributed by atoms with Gasteiger partial charge in [0.1, 0.15) is 18.8 Å². The van der Waals surface area contributed by atoms with Crippen LogP contribution >= 0.6 is 0 Å². The van der Waals surface area contributed by atoms with Crippen molar-refractivity contribution in [3.05, 3.63) is 53.1 Å². The van der Waals surface area contributed by atoms with Crippen LogP contribution in [0.2, 0.25) is 0 Å². The van der Waals surface area contributed by atoms with Gasteiger partial charge in [0.15, 0.2) is 11.5 Å². The van der Waals surface area contributed by atoms with Crippen molar-refractivity contribution in [2.24, 2.45) is 0 Å². The molecule has 0 aromatic heterocycles. The van der Waals surface area contributed by atoms with E-state index in [0.717, 1.165) is 29.9 Å². The number of nitrogens with two attached hydrogens (primary N) is 1. The van der Waals surface area contributed by atoms with Gasteiger partial charge in [-0.25, -0.2) is 4.79 Å². The number of esters is 1. The van der Waals surface area contributed by atoms with E-state index in [9.17, 15) is 4.79 Å². The Bertz CT molecular complexity index is 808. The molecule has 1 aliphatic heterocycles. The smallest absolute Gasteiger partial charge is 0.340 e. The predicted molar refractivity (Wildman–Crippen MR) is 101 cm³/mol. The summed E-state index contributed by atoms with van der Waals surface area (Å²) in [5, 5.41) is 0. The third-order valence-corrected chi connectivity index (χ3v) is 4.04. The number of ether oxygens (including phenoxy) is 3. The molecule has 0 amide bonds. The lowest BCUT2D eigenvalue weighted by Gasteiger charge is -2.20. The molecule has 138 valence electrons. The first-order valence-corrected chi connectivity index (χ1v) is 8.82. The van der Waals surface area contributed by atoms with Crippen molar-refractivity contribution in [2.45, 2.75) is 39.2 Å². The first-order valence-electron chi connectivity index (χ1n) is 8.82. The second-order valence-corrected chi connectivity index (χ2v) is 7.40. The van der Waals surface area contributed by atoms with Gasteiger partial charge >= 0.3 is 5.97 Å². The minimum absolute atomic E-state index is 0.395. The van der Waals surface area contributed by atoms with E-state index in [1.54, 1.807) is 6.07 Å². The van der Waals surface area contributed by atoms with Gasteiger partial charge in [0.25, 0.3) is 0 Å². The molecule has 0 unspecified atom stereocenters. The van der Waals surface area contributed by atoms with Crippen molar-refractivity contribution in [3.8, 4) is 11.5 Å². The summed E-state index contributed by atoms with van der Waals surface area (Å²) in [6.07, 6.45) is 1.67. The molecule has 5 nitrogen and oxygen atoms in total. The Balaban J connectivity index is 1.66. The molecular weight excluding hydrogens is 330 g/mol. The zero-order valence-electron chi connectivity index (χ0n) is 15.5. The molecule has 0 saturated heterocycles. The second kappa shape index (κ2) is 7.28. The van der Waals surface area contributed by atoms with Crippen LogP contribution in [-0.4, -0.2) is 24.8 Å². The third kappa shape index (κ3) is 4.48. The number of hydrogen-bond acceptors (Lipinski definition) is 5. The molecule has 26 heavy (non-hydrogen) atoms. The molecular formula is C21H25NO4. The van der Waals surface area contributed by atoms with Crippen LogP contribution in [0.15, 0.2) is 36.4 Å². The minimum atomic E-state index is -0.541. The minimum Gasteiger partial charge on any atom is -0.486 e. The van der Waals surface area contributed by atoms with Crippen LogP contribution in [0, 0.1) is 0 Å². The Morgan fingerprint density at radius 3 is 2.27 bits per heavy atom. The number of rotatable bonds is 4. The number of hydrogen-bond donors (Lipinski definition) is 1. The maximum Gasteiger partial charge on any atom is 0.340 e. The summed E-state index contributed by atoms with van der Waals surface area (Å²) >= 11 is 0. The van der Waals surface area contributed by atoms with Gasteiger partial charge in [-0.2, -0.15) is 0 Å². The molecule has 3 rings (SSSR count). The molecule has 2 aromatic rings. The molecule has 0 fully saturated rings. The highest BCUT2D eigenvalue weighted by Crippen LogP contribution is 2.31. The summed E-state index contributed by atoms with van der Waals surface area (Å²) < 4.78 is 16.5. The lowest BCUT2D eigenvalue weighted by Crippen LogP contribution is -2.24. The zero-order valence-corrected chi connectivity index (χ0v) is 15.5. The molecule has 0 saturated carbocycles. The van der Waals surface area contributed by atoms with Crippen LogP contribution in [0.5, 0.6) is 11.5 Å². The summed E-state index contributed by atoms with van der Waals surface area (Å²) in [7, 11) is 0.